The Hall–Kier alpha value is -1.53. The van der Waals surface area contributed by atoms with Crippen LogP contribution in [-0.4, -0.2) is 11.3 Å². The monoisotopic (exact) mass is 239 g/mol. The summed E-state index contributed by atoms with van der Waals surface area (Å²) in [5.41, 5.74) is -3.74. The van der Waals surface area contributed by atoms with E-state index in [2.05, 4.69) is 4.98 Å². The minimum Gasteiger partial charge on any atom is -0.298 e. The number of aryl methyl sites for hydroxylation is 1. The zero-order valence-electron chi connectivity index (χ0n) is 7.98. The summed E-state index contributed by atoms with van der Waals surface area (Å²) in [4.78, 5) is 13.8. The highest BCUT2D eigenvalue weighted by Crippen LogP contribution is 2.37. The smallest absolute Gasteiger partial charge is 0.298 e. The van der Waals surface area contributed by atoms with E-state index in [0.717, 1.165) is 0 Å². The second-order valence-corrected chi connectivity index (χ2v) is 3.00. The number of carbonyl (C=O) groups excluding carboxylic acids is 1. The first-order chi connectivity index (χ1) is 7.29. The van der Waals surface area contributed by atoms with Crippen molar-refractivity contribution >= 4 is 6.29 Å². The molecule has 0 spiro atoms. The first-order valence-electron chi connectivity index (χ1n) is 4.09. The molecule has 0 aliphatic rings. The van der Waals surface area contributed by atoms with Crippen molar-refractivity contribution in [3.63, 3.8) is 0 Å². The molecule has 0 saturated heterocycles. The van der Waals surface area contributed by atoms with Crippen LogP contribution in [0.1, 0.15) is 33.6 Å². The molecule has 0 fully saturated rings. The molecule has 2 nitrogen and oxygen atoms in total. The Balaban J connectivity index is 3.58. The number of aromatic nitrogens is 1. The maximum Gasteiger partial charge on any atom is 0.418 e. The minimum atomic E-state index is -4.95. The first-order valence-corrected chi connectivity index (χ1v) is 4.09. The highest BCUT2D eigenvalue weighted by Gasteiger charge is 2.38. The van der Waals surface area contributed by atoms with Gasteiger partial charge in [-0.15, -0.1) is 0 Å². The molecule has 0 unspecified atom stereocenters. The summed E-state index contributed by atoms with van der Waals surface area (Å²) >= 11 is 0. The molecular formula is C9H6F5NO. The summed E-state index contributed by atoms with van der Waals surface area (Å²) in [6.07, 6.45) is -8.06. The largest absolute Gasteiger partial charge is 0.418 e. The number of aldehydes is 1. The average molecular weight is 239 g/mol. The van der Waals surface area contributed by atoms with Gasteiger partial charge < -0.3 is 0 Å². The van der Waals surface area contributed by atoms with Gasteiger partial charge >= 0.3 is 6.18 Å². The van der Waals surface area contributed by atoms with Crippen molar-refractivity contribution in [2.45, 2.75) is 19.5 Å². The van der Waals surface area contributed by atoms with Gasteiger partial charge in [-0.05, 0) is 6.92 Å². The normalized spacial score (nSPS) is 11.9. The van der Waals surface area contributed by atoms with Gasteiger partial charge in [0.05, 0.1) is 5.56 Å². The highest BCUT2D eigenvalue weighted by molar-refractivity contribution is 5.79. The molecule has 0 saturated carbocycles. The van der Waals surface area contributed by atoms with Crippen LogP contribution in [0.3, 0.4) is 0 Å². The van der Waals surface area contributed by atoms with Crippen LogP contribution in [0.5, 0.6) is 0 Å². The number of alkyl halides is 5. The topological polar surface area (TPSA) is 30.0 Å². The molecule has 88 valence electrons. The Morgan fingerprint density at radius 1 is 1.38 bits per heavy atom. The van der Waals surface area contributed by atoms with Gasteiger partial charge in [-0.25, -0.2) is 8.78 Å². The molecule has 1 heterocycles. The Labute approximate surface area is 87.1 Å². The van der Waals surface area contributed by atoms with E-state index in [-0.39, 0.29) is 12.0 Å². The third-order valence-corrected chi connectivity index (χ3v) is 2.00. The Morgan fingerprint density at radius 3 is 2.31 bits per heavy atom. The lowest BCUT2D eigenvalue weighted by Crippen LogP contribution is -2.14. The maximum atomic E-state index is 12.5. The molecule has 0 bridgehead atoms. The molecule has 1 aromatic rings. The molecule has 0 aromatic carbocycles. The number of carbonyl (C=O) groups is 1. The first kappa shape index (κ1) is 12.5. The Morgan fingerprint density at radius 2 is 1.94 bits per heavy atom. The van der Waals surface area contributed by atoms with Gasteiger partial charge in [0.1, 0.15) is 0 Å². The van der Waals surface area contributed by atoms with Gasteiger partial charge in [0.2, 0.25) is 0 Å². The fourth-order valence-electron chi connectivity index (χ4n) is 1.25. The van der Waals surface area contributed by atoms with Crippen molar-refractivity contribution in [3.05, 3.63) is 28.6 Å². The van der Waals surface area contributed by atoms with Crippen molar-refractivity contribution in [2.75, 3.05) is 0 Å². The van der Waals surface area contributed by atoms with Crippen LogP contribution in [-0.2, 0) is 6.18 Å². The lowest BCUT2D eigenvalue weighted by Gasteiger charge is -2.14. The summed E-state index contributed by atoms with van der Waals surface area (Å²) < 4.78 is 62.1. The van der Waals surface area contributed by atoms with Crippen LogP contribution >= 0.6 is 0 Å². The van der Waals surface area contributed by atoms with E-state index >= 15 is 0 Å². The number of rotatable bonds is 2. The second-order valence-electron chi connectivity index (χ2n) is 3.00. The van der Waals surface area contributed by atoms with Gasteiger partial charge in [-0.2, -0.15) is 13.2 Å². The van der Waals surface area contributed by atoms with Gasteiger partial charge in [0.25, 0.3) is 6.43 Å². The zero-order chi connectivity index (χ0) is 12.5. The van der Waals surface area contributed by atoms with Crippen LogP contribution in [0.4, 0.5) is 22.0 Å². The van der Waals surface area contributed by atoms with E-state index in [1.807, 2.05) is 0 Å². The van der Waals surface area contributed by atoms with Gasteiger partial charge in [0, 0.05) is 23.0 Å². The van der Waals surface area contributed by atoms with Crippen LogP contribution < -0.4 is 0 Å². The standard InChI is InChI=1S/C9H6F5NO/c1-4-5(3-16)7(8(10)11)6(2-15-4)9(12,13)14/h2-3,8H,1H3. The Kier molecular flexibility index (Phi) is 3.25. The minimum absolute atomic E-state index is 0.0426. The van der Waals surface area contributed by atoms with E-state index < -0.39 is 29.3 Å². The number of hydrogen-bond donors (Lipinski definition) is 0. The van der Waals surface area contributed by atoms with Gasteiger partial charge in [-0.3, -0.25) is 9.78 Å². The number of hydrogen-bond acceptors (Lipinski definition) is 2. The average Bonchev–Trinajstić information content (AvgIpc) is 2.14. The fourth-order valence-corrected chi connectivity index (χ4v) is 1.25. The zero-order valence-corrected chi connectivity index (χ0v) is 7.98. The lowest BCUT2D eigenvalue weighted by molar-refractivity contribution is -0.139. The lowest BCUT2D eigenvalue weighted by atomic mass is 10.0. The quantitative estimate of drug-likeness (QED) is 0.586. The van der Waals surface area contributed by atoms with Crippen LogP contribution in [0.25, 0.3) is 0 Å². The molecule has 16 heavy (non-hydrogen) atoms. The molecule has 7 heteroatoms. The summed E-state index contributed by atoms with van der Waals surface area (Å²) in [6, 6.07) is 0. The van der Waals surface area contributed by atoms with E-state index in [1.165, 1.54) is 6.92 Å². The van der Waals surface area contributed by atoms with Crippen molar-refractivity contribution in [1.29, 1.82) is 0 Å². The summed E-state index contributed by atoms with van der Waals surface area (Å²) in [7, 11) is 0. The van der Waals surface area contributed by atoms with Gasteiger partial charge in [-0.1, -0.05) is 0 Å². The number of pyridine rings is 1. The molecule has 0 N–H and O–H groups in total. The van der Waals surface area contributed by atoms with E-state index in [4.69, 9.17) is 0 Å². The van der Waals surface area contributed by atoms with Crippen LogP contribution in [0.15, 0.2) is 6.20 Å². The summed E-state index contributed by atoms with van der Waals surface area (Å²) in [5, 5.41) is 0. The number of nitrogens with zero attached hydrogens (tertiary/aromatic N) is 1. The summed E-state index contributed by atoms with van der Waals surface area (Å²) in [6.45, 7) is 1.19. The van der Waals surface area contributed by atoms with E-state index in [1.54, 1.807) is 0 Å². The molecule has 0 amide bonds. The molecule has 1 aromatic heterocycles. The second kappa shape index (κ2) is 4.15. The van der Waals surface area contributed by atoms with Crippen molar-refractivity contribution in [2.24, 2.45) is 0 Å². The van der Waals surface area contributed by atoms with Crippen molar-refractivity contribution in [1.82, 2.24) is 4.98 Å². The molecule has 0 atom stereocenters. The van der Waals surface area contributed by atoms with E-state index in [0.29, 0.717) is 6.20 Å². The predicted octanol–water partition coefficient (Wildman–Crippen LogP) is 3.16. The molecular weight excluding hydrogens is 233 g/mol. The van der Waals surface area contributed by atoms with Gasteiger partial charge in [0.15, 0.2) is 6.29 Å². The van der Waals surface area contributed by atoms with Crippen LogP contribution in [0.2, 0.25) is 0 Å². The highest BCUT2D eigenvalue weighted by atomic mass is 19.4. The third-order valence-electron chi connectivity index (χ3n) is 2.00. The predicted molar refractivity (Wildman–Crippen MR) is 44.3 cm³/mol. The fraction of sp³-hybridized carbons (Fsp3) is 0.333. The van der Waals surface area contributed by atoms with Crippen LogP contribution in [0, 0.1) is 6.92 Å². The van der Waals surface area contributed by atoms with Crippen molar-refractivity contribution < 1.29 is 26.7 Å². The molecule has 0 aliphatic carbocycles. The molecule has 0 aliphatic heterocycles. The molecule has 0 radical (unpaired) electrons. The maximum absolute atomic E-state index is 12.5. The Bertz CT molecular complexity index is 413. The molecule has 1 rings (SSSR count). The van der Waals surface area contributed by atoms with Crippen molar-refractivity contribution in [3.8, 4) is 0 Å². The third kappa shape index (κ3) is 2.17. The SMILES string of the molecule is Cc1ncc(C(F)(F)F)c(C(F)F)c1C=O. The summed E-state index contributed by atoms with van der Waals surface area (Å²) in [5.74, 6) is 0. The van der Waals surface area contributed by atoms with E-state index in [9.17, 15) is 26.7 Å². The number of halogens is 5.